The van der Waals surface area contributed by atoms with Crippen LogP contribution >= 0.6 is 0 Å². The minimum Gasteiger partial charge on any atom is -0.508 e. The summed E-state index contributed by atoms with van der Waals surface area (Å²) in [5.74, 6) is 0.341. The highest BCUT2D eigenvalue weighted by Gasteiger charge is 2.08. The molecule has 0 fully saturated rings. The molecule has 1 atom stereocenters. The van der Waals surface area contributed by atoms with Crippen LogP contribution in [0.5, 0.6) is 5.75 Å². The maximum absolute atomic E-state index is 9.22. The van der Waals surface area contributed by atoms with Crippen LogP contribution in [-0.4, -0.2) is 13.9 Å². The molecule has 76 valence electrons. The van der Waals surface area contributed by atoms with Gasteiger partial charge in [-0.05, 0) is 12.1 Å². The quantitative estimate of drug-likeness (QED) is 0.749. The second-order valence-corrected chi connectivity index (χ2v) is 6.50. The summed E-state index contributed by atoms with van der Waals surface area (Å²) in [6, 6.07) is 18.2. The average Bonchev–Trinajstić information content (AvgIpc) is 2.30. The predicted octanol–water partition coefficient (Wildman–Crippen LogP) is 1.36. The van der Waals surface area contributed by atoms with Crippen molar-refractivity contribution in [1.29, 1.82) is 0 Å². The van der Waals surface area contributed by atoms with Gasteiger partial charge in [0.15, 0.2) is 0 Å². The van der Waals surface area contributed by atoms with Gasteiger partial charge in [-0.1, -0.05) is 59.4 Å². The van der Waals surface area contributed by atoms with Crippen molar-refractivity contribution >= 4 is 19.2 Å². The molecule has 0 aliphatic heterocycles. The summed E-state index contributed by atoms with van der Waals surface area (Å²) in [4.78, 5) is 0. The smallest absolute Gasteiger partial charge is 0.115 e. The maximum atomic E-state index is 9.22. The van der Waals surface area contributed by atoms with E-state index in [2.05, 4.69) is 30.8 Å². The molecule has 0 spiro atoms. The Morgan fingerprint density at radius 2 is 1.33 bits per heavy atom. The van der Waals surface area contributed by atoms with Gasteiger partial charge in [0.1, 0.15) is 5.75 Å². The number of phenolic OH excluding ortho intramolecular Hbond substituents is 1. The molecule has 0 radical (unpaired) electrons. The van der Waals surface area contributed by atoms with Crippen molar-refractivity contribution in [2.24, 2.45) is 0 Å². The van der Waals surface area contributed by atoms with E-state index in [-0.39, 0.29) is 0 Å². The molecule has 1 nitrogen and oxygen atoms in total. The number of hydrogen-bond acceptors (Lipinski definition) is 1. The van der Waals surface area contributed by atoms with Crippen LogP contribution in [0.15, 0.2) is 54.6 Å². The molecule has 0 aromatic heterocycles. The second kappa shape index (κ2) is 4.32. The summed E-state index contributed by atoms with van der Waals surface area (Å²) < 4.78 is 0. The lowest BCUT2D eigenvalue weighted by Crippen LogP contribution is -2.38. The molecule has 0 heterocycles. The van der Waals surface area contributed by atoms with E-state index in [0.717, 1.165) is 0 Å². The second-order valence-electron chi connectivity index (χ2n) is 3.72. The van der Waals surface area contributed by atoms with Crippen LogP contribution < -0.4 is 10.4 Å². The van der Waals surface area contributed by atoms with Gasteiger partial charge in [0.2, 0.25) is 0 Å². The van der Waals surface area contributed by atoms with Crippen LogP contribution in [0, 0.1) is 0 Å². The third-order valence-corrected chi connectivity index (χ3v) is 5.46. The number of rotatable bonds is 2. The first-order valence-corrected chi connectivity index (χ1v) is 7.42. The van der Waals surface area contributed by atoms with Gasteiger partial charge in [-0.15, -0.1) is 0 Å². The Hall–Kier alpha value is -1.54. The molecule has 0 aliphatic rings. The molecule has 0 amide bonds. The minimum atomic E-state index is -1.05. The van der Waals surface area contributed by atoms with E-state index >= 15 is 0 Å². The Morgan fingerprint density at radius 1 is 0.800 bits per heavy atom. The molecule has 1 N–H and O–H groups in total. The summed E-state index contributed by atoms with van der Waals surface area (Å²) in [6.07, 6.45) is 0. The molecule has 15 heavy (non-hydrogen) atoms. The highest BCUT2D eigenvalue weighted by molar-refractivity contribution is 6.84. The Bertz CT molecular complexity index is 422. The highest BCUT2D eigenvalue weighted by Crippen LogP contribution is 2.04. The largest absolute Gasteiger partial charge is 0.508 e. The van der Waals surface area contributed by atoms with Crippen molar-refractivity contribution < 1.29 is 5.11 Å². The molecule has 2 rings (SSSR count). The molecule has 0 saturated heterocycles. The molecular formula is C13H14OSi. The van der Waals surface area contributed by atoms with Gasteiger partial charge in [0.05, 0.1) is 8.80 Å². The predicted molar refractivity (Wildman–Crippen MR) is 66.8 cm³/mol. The minimum absolute atomic E-state index is 0.341. The van der Waals surface area contributed by atoms with Crippen LogP contribution in [0.3, 0.4) is 0 Å². The van der Waals surface area contributed by atoms with Gasteiger partial charge in [-0.2, -0.15) is 0 Å². The molecule has 2 heteroatoms. The molecule has 0 aliphatic carbocycles. The van der Waals surface area contributed by atoms with Crippen LogP contribution in [-0.2, 0) is 0 Å². The van der Waals surface area contributed by atoms with Crippen molar-refractivity contribution in [1.82, 2.24) is 0 Å². The van der Waals surface area contributed by atoms with Gasteiger partial charge in [0, 0.05) is 0 Å². The van der Waals surface area contributed by atoms with E-state index in [4.69, 9.17) is 0 Å². The normalized spacial score (nSPS) is 12.3. The maximum Gasteiger partial charge on any atom is 0.115 e. The van der Waals surface area contributed by atoms with Gasteiger partial charge >= 0.3 is 0 Å². The summed E-state index contributed by atoms with van der Waals surface area (Å²) in [5, 5.41) is 12.0. The van der Waals surface area contributed by atoms with Crippen LogP contribution in [0.4, 0.5) is 0 Å². The monoisotopic (exact) mass is 214 g/mol. The number of aromatic hydroxyl groups is 1. The van der Waals surface area contributed by atoms with Gasteiger partial charge in [-0.25, -0.2) is 0 Å². The van der Waals surface area contributed by atoms with Gasteiger partial charge < -0.3 is 5.11 Å². The van der Waals surface area contributed by atoms with E-state index in [9.17, 15) is 5.11 Å². The lowest BCUT2D eigenvalue weighted by Gasteiger charge is -2.10. The van der Waals surface area contributed by atoms with E-state index in [1.807, 2.05) is 18.2 Å². The Morgan fingerprint density at radius 3 is 1.93 bits per heavy atom. The Kier molecular flexibility index (Phi) is 2.88. The number of benzene rings is 2. The Balaban J connectivity index is 2.29. The van der Waals surface area contributed by atoms with E-state index in [0.29, 0.717) is 5.75 Å². The first-order chi connectivity index (χ1) is 7.27. The first-order valence-electron chi connectivity index (χ1n) is 5.11. The average molecular weight is 214 g/mol. The Labute approximate surface area is 91.6 Å². The molecule has 2 aromatic carbocycles. The van der Waals surface area contributed by atoms with E-state index < -0.39 is 8.80 Å². The SMILES string of the molecule is C[SiH](c1ccccc1)c1ccc(O)cc1. The fourth-order valence-corrected chi connectivity index (χ4v) is 3.65. The summed E-state index contributed by atoms with van der Waals surface area (Å²) in [5.41, 5.74) is 0. The van der Waals surface area contributed by atoms with Gasteiger partial charge in [0.25, 0.3) is 0 Å². The number of hydrogen-bond donors (Lipinski definition) is 1. The lowest BCUT2D eigenvalue weighted by atomic mass is 10.3. The van der Waals surface area contributed by atoms with Crippen molar-refractivity contribution in [3.05, 3.63) is 54.6 Å². The van der Waals surface area contributed by atoms with Crippen LogP contribution in [0.25, 0.3) is 0 Å². The summed E-state index contributed by atoms with van der Waals surface area (Å²) in [7, 11) is -1.05. The fourth-order valence-electron chi connectivity index (χ4n) is 1.70. The zero-order chi connectivity index (χ0) is 10.7. The van der Waals surface area contributed by atoms with Crippen molar-refractivity contribution in [3.8, 4) is 5.75 Å². The molecule has 1 unspecified atom stereocenters. The zero-order valence-electron chi connectivity index (χ0n) is 8.72. The summed E-state index contributed by atoms with van der Waals surface area (Å²) >= 11 is 0. The lowest BCUT2D eigenvalue weighted by molar-refractivity contribution is 0.475. The highest BCUT2D eigenvalue weighted by atomic mass is 28.3. The van der Waals surface area contributed by atoms with Crippen molar-refractivity contribution in [3.63, 3.8) is 0 Å². The van der Waals surface area contributed by atoms with Crippen LogP contribution in [0.2, 0.25) is 6.55 Å². The molecule has 0 saturated carbocycles. The third-order valence-electron chi connectivity index (χ3n) is 2.69. The molecule has 0 bridgehead atoms. The molecule has 2 aromatic rings. The first kappa shape index (κ1) is 9.99. The van der Waals surface area contributed by atoms with Gasteiger partial charge in [-0.3, -0.25) is 0 Å². The molecular weight excluding hydrogens is 200 g/mol. The summed E-state index contributed by atoms with van der Waals surface area (Å²) in [6.45, 7) is 2.31. The fraction of sp³-hybridized carbons (Fsp3) is 0.0769. The van der Waals surface area contributed by atoms with Crippen LogP contribution in [0.1, 0.15) is 0 Å². The van der Waals surface area contributed by atoms with E-state index in [1.165, 1.54) is 10.4 Å². The topological polar surface area (TPSA) is 20.2 Å². The van der Waals surface area contributed by atoms with Crippen molar-refractivity contribution in [2.75, 3.05) is 0 Å². The zero-order valence-corrected chi connectivity index (χ0v) is 9.88. The third kappa shape index (κ3) is 2.28. The standard InChI is InChI=1S/C13H14OSi/c1-15(12-5-3-2-4-6-12)13-9-7-11(14)8-10-13/h2-10,14-15H,1H3. The van der Waals surface area contributed by atoms with E-state index in [1.54, 1.807) is 12.1 Å². The van der Waals surface area contributed by atoms with Crippen molar-refractivity contribution in [2.45, 2.75) is 6.55 Å². The number of phenols is 1.